The number of aryl methyl sites for hydroxylation is 2. The third kappa shape index (κ3) is 2.41. The van der Waals surface area contributed by atoms with Gasteiger partial charge in [0.2, 0.25) is 0 Å². The molecule has 0 aliphatic heterocycles. The lowest BCUT2D eigenvalue weighted by molar-refractivity contribution is 0.101. The molecule has 0 bridgehead atoms. The fourth-order valence-electron chi connectivity index (χ4n) is 1.31. The first-order valence-electron chi connectivity index (χ1n) is 3.92. The quantitative estimate of drug-likeness (QED) is 0.603. The Bertz CT molecular complexity index is 311. The van der Waals surface area contributed by atoms with Crippen LogP contribution in [0.3, 0.4) is 0 Å². The van der Waals surface area contributed by atoms with Crippen LogP contribution < -0.4 is 0 Å². The monoisotopic (exact) mass is 304 g/mol. The first-order valence-corrected chi connectivity index (χ1v) is 5.75. The molecule has 0 heterocycles. The lowest BCUT2D eigenvalue weighted by Gasteiger charge is -2.08. The van der Waals surface area contributed by atoms with Crippen molar-refractivity contribution >= 4 is 37.6 Å². The van der Waals surface area contributed by atoms with Crippen LogP contribution >= 0.6 is 31.9 Å². The summed E-state index contributed by atoms with van der Waals surface area (Å²) in [5.41, 5.74) is 2.85. The number of hydrogen-bond donors (Lipinski definition) is 0. The van der Waals surface area contributed by atoms with Crippen molar-refractivity contribution in [1.82, 2.24) is 0 Å². The maximum Gasteiger partial charge on any atom is 0.187 e. The molecule has 1 aromatic rings. The Kier molecular flexibility index (Phi) is 3.68. The van der Waals surface area contributed by atoms with E-state index in [1.54, 1.807) is 0 Å². The molecule has 0 fully saturated rings. The Balaban J connectivity index is 3.20. The van der Waals surface area contributed by atoms with Crippen molar-refractivity contribution in [2.45, 2.75) is 17.6 Å². The van der Waals surface area contributed by atoms with Crippen molar-refractivity contribution < 1.29 is 4.79 Å². The highest BCUT2D eigenvalue weighted by molar-refractivity contribution is 9.25. The van der Waals surface area contributed by atoms with E-state index in [1.807, 2.05) is 32.0 Å². The van der Waals surface area contributed by atoms with Crippen molar-refractivity contribution in [3.05, 3.63) is 34.9 Å². The Hall–Kier alpha value is -0.150. The second-order valence-electron chi connectivity index (χ2n) is 2.93. The van der Waals surface area contributed by atoms with Gasteiger partial charge in [0.15, 0.2) is 5.78 Å². The minimum atomic E-state index is -0.292. The van der Waals surface area contributed by atoms with Crippen LogP contribution in [0.1, 0.15) is 21.5 Å². The number of rotatable bonds is 2. The Morgan fingerprint density at radius 2 is 1.69 bits per heavy atom. The molecule has 3 heteroatoms. The van der Waals surface area contributed by atoms with Crippen LogP contribution in [0.5, 0.6) is 0 Å². The van der Waals surface area contributed by atoms with Gasteiger partial charge in [0.1, 0.15) is 3.74 Å². The van der Waals surface area contributed by atoms with Gasteiger partial charge in [-0.3, -0.25) is 4.79 Å². The summed E-state index contributed by atoms with van der Waals surface area (Å²) in [4.78, 5) is 11.7. The third-order valence-electron chi connectivity index (χ3n) is 1.93. The minimum Gasteiger partial charge on any atom is -0.292 e. The Morgan fingerprint density at radius 1 is 1.23 bits per heavy atom. The molecule has 0 N–H and O–H groups in total. The molecule has 0 aliphatic rings. The van der Waals surface area contributed by atoms with Crippen molar-refractivity contribution in [1.29, 1.82) is 0 Å². The van der Waals surface area contributed by atoms with Crippen LogP contribution in [0.4, 0.5) is 0 Å². The van der Waals surface area contributed by atoms with Gasteiger partial charge >= 0.3 is 0 Å². The Labute approximate surface area is 94.8 Å². The SMILES string of the molecule is Cc1cccc(C)c1C(=O)C(Br)Br. The zero-order valence-electron chi connectivity index (χ0n) is 7.47. The summed E-state index contributed by atoms with van der Waals surface area (Å²) in [7, 11) is 0. The van der Waals surface area contributed by atoms with Crippen LogP contribution in [-0.2, 0) is 0 Å². The molecule has 70 valence electrons. The standard InChI is InChI=1S/C10H10Br2O/c1-6-4-3-5-7(2)8(6)9(13)10(11)12/h3-5,10H,1-2H3. The molecule has 0 radical (unpaired) electrons. The molecule has 0 spiro atoms. The molecule has 1 nitrogen and oxygen atoms in total. The highest BCUT2D eigenvalue weighted by Crippen LogP contribution is 2.21. The van der Waals surface area contributed by atoms with Crippen molar-refractivity contribution in [3.63, 3.8) is 0 Å². The topological polar surface area (TPSA) is 17.1 Å². The molecule has 0 aromatic heterocycles. The average molecular weight is 306 g/mol. The van der Waals surface area contributed by atoms with Crippen molar-refractivity contribution in [2.75, 3.05) is 0 Å². The van der Waals surface area contributed by atoms with Gasteiger partial charge in [0.05, 0.1) is 0 Å². The molecule has 0 unspecified atom stereocenters. The van der Waals surface area contributed by atoms with Crippen LogP contribution in [0.15, 0.2) is 18.2 Å². The third-order valence-corrected chi connectivity index (χ3v) is 2.76. The molecular formula is C10H10Br2O. The smallest absolute Gasteiger partial charge is 0.187 e. The van der Waals surface area contributed by atoms with E-state index >= 15 is 0 Å². The minimum absolute atomic E-state index is 0.0793. The number of halogens is 2. The van der Waals surface area contributed by atoms with E-state index in [0.29, 0.717) is 0 Å². The number of hydrogen-bond acceptors (Lipinski definition) is 1. The second kappa shape index (κ2) is 4.38. The summed E-state index contributed by atoms with van der Waals surface area (Å²) in [6.07, 6.45) is 0. The molecule has 13 heavy (non-hydrogen) atoms. The van der Waals surface area contributed by atoms with Crippen molar-refractivity contribution in [3.8, 4) is 0 Å². The Morgan fingerprint density at radius 3 is 2.08 bits per heavy atom. The first kappa shape index (κ1) is 10.9. The summed E-state index contributed by atoms with van der Waals surface area (Å²) in [6.45, 7) is 3.89. The van der Waals surface area contributed by atoms with Gasteiger partial charge < -0.3 is 0 Å². The van der Waals surface area contributed by atoms with Gasteiger partial charge in [-0.25, -0.2) is 0 Å². The van der Waals surface area contributed by atoms with Gasteiger partial charge in [-0.15, -0.1) is 0 Å². The van der Waals surface area contributed by atoms with Crippen LogP contribution in [0.25, 0.3) is 0 Å². The highest BCUT2D eigenvalue weighted by atomic mass is 79.9. The summed E-state index contributed by atoms with van der Waals surface area (Å²) < 4.78 is -0.292. The van der Waals surface area contributed by atoms with Crippen molar-refractivity contribution in [2.24, 2.45) is 0 Å². The van der Waals surface area contributed by atoms with Crippen LogP contribution in [-0.4, -0.2) is 9.52 Å². The fourth-order valence-corrected chi connectivity index (χ4v) is 1.77. The van der Waals surface area contributed by atoms with E-state index in [1.165, 1.54) is 0 Å². The molecule has 0 atom stereocenters. The maximum absolute atomic E-state index is 11.7. The van der Waals surface area contributed by atoms with Crippen LogP contribution in [0.2, 0.25) is 0 Å². The largest absolute Gasteiger partial charge is 0.292 e. The lowest BCUT2D eigenvalue weighted by atomic mass is 10.0. The lowest BCUT2D eigenvalue weighted by Crippen LogP contribution is -2.10. The van der Waals surface area contributed by atoms with E-state index in [2.05, 4.69) is 31.9 Å². The van der Waals surface area contributed by atoms with E-state index in [0.717, 1.165) is 16.7 Å². The predicted octanol–water partition coefficient (Wildman–Crippen LogP) is 3.60. The van der Waals surface area contributed by atoms with Crippen LogP contribution in [0, 0.1) is 13.8 Å². The summed E-state index contributed by atoms with van der Waals surface area (Å²) in [5.74, 6) is 0.0793. The summed E-state index contributed by atoms with van der Waals surface area (Å²) in [5, 5.41) is 0. The van der Waals surface area contributed by atoms with E-state index in [9.17, 15) is 4.79 Å². The summed E-state index contributed by atoms with van der Waals surface area (Å²) in [6, 6.07) is 5.85. The second-order valence-corrected chi connectivity index (χ2v) is 5.99. The molecule has 1 rings (SSSR count). The summed E-state index contributed by atoms with van der Waals surface area (Å²) >= 11 is 6.42. The average Bonchev–Trinajstić information content (AvgIpc) is 2.03. The van der Waals surface area contributed by atoms with Gasteiger partial charge in [-0.1, -0.05) is 50.1 Å². The van der Waals surface area contributed by atoms with Gasteiger partial charge in [-0.05, 0) is 25.0 Å². The number of alkyl halides is 2. The van der Waals surface area contributed by atoms with E-state index in [4.69, 9.17) is 0 Å². The number of Topliss-reactive ketones (excluding diaryl/α,β-unsaturated/α-hetero) is 1. The first-order chi connectivity index (χ1) is 6.04. The maximum atomic E-state index is 11.7. The number of ketones is 1. The molecule has 0 amide bonds. The predicted molar refractivity (Wildman–Crippen MR) is 61.9 cm³/mol. The van der Waals surface area contributed by atoms with E-state index in [-0.39, 0.29) is 9.52 Å². The fraction of sp³-hybridized carbons (Fsp3) is 0.300. The zero-order valence-corrected chi connectivity index (χ0v) is 10.6. The molecule has 0 saturated carbocycles. The molecule has 0 saturated heterocycles. The van der Waals surface area contributed by atoms with Gasteiger partial charge in [-0.2, -0.15) is 0 Å². The number of carbonyl (C=O) groups is 1. The molecular weight excluding hydrogens is 296 g/mol. The molecule has 1 aromatic carbocycles. The number of benzene rings is 1. The van der Waals surface area contributed by atoms with Gasteiger partial charge in [0, 0.05) is 5.56 Å². The highest BCUT2D eigenvalue weighted by Gasteiger charge is 2.17. The van der Waals surface area contributed by atoms with Gasteiger partial charge in [0.25, 0.3) is 0 Å². The normalized spacial score (nSPS) is 10.5. The zero-order chi connectivity index (χ0) is 10.0. The molecule has 0 aliphatic carbocycles. The van der Waals surface area contributed by atoms with E-state index < -0.39 is 0 Å². The number of carbonyl (C=O) groups excluding carboxylic acids is 1.